The monoisotopic (exact) mass is 308 g/mol. The van der Waals surface area contributed by atoms with E-state index >= 15 is 0 Å². The van der Waals surface area contributed by atoms with Crippen molar-refractivity contribution in [1.29, 1.82) is 5.26 Å². The Balaban J connectivity index is 3.26. The summed E-state index contributed by atoms with van der Waals surface area (Å²) in [7, 11) is 0. The van der Waals surface area contributed by atoms with Gasteiger partial charge in [0, 0.05) is 17.1 Å². The Kier molecular flexibility index (Phi) is 4.34. The lowest BCUT2D eigenvalue weighted by Crippen LogP contribution is -2.19. The number of nitriles is 1. The van der Waals surface area contributed by atoms with Crippen LogP contribution in [0.25, 0.3) is 0 Å². The van der Waals surface area contributed by atoms with Gasteiger partial charge in [-0.3, -0.25) is 0 Å². The third-order valence-corrected chi connectivity index (χ3v) is 2.64. The van der Waals surface area contributed by atoms with E-state index in [1.54, 1.807) is 13.0 Å². The van der Waals surface area contributed by atoms with Crippen LogP contribution >= 0.6 is 15.9 Å². The molecule has 92 valence electrons. The molecule has 0 N–H and O–H groups in total. The number of hydrogen-bond donors (Lipinski definition) is 0. The molecular weight excluding hydrogens is 301 g/mol. The van der Waals surface area contributed by atoms with Gasteiger partial charge in [-0.05, 0) is 18.1 Å². The zero-order chi connectivity index (χ0) is 13.1. The molecule has 1 rings (SSSR count). The largest absolute Gasteiger partial charge is 0.574 e. The van der Waals surface area contributed by atoms with Crippen LogP contribution in [-0.2, 0) is 11.8 Å². The maximum absolute atomic E-state index is 12.1. The lowest BCUT2D eigenvalue weighted by atomic mass is 10.0. The van der Waals surface area contributed by atoms with Gasteiger partial charge in [-0.15, -0.1) is 13.2 Å². The summed E-state index contributed by atoms with van der Waals surface area (Å²) in [6.07, 6.45) is -3.70. The molecule has 0 saturated carbocycles. The number of aryl methyl sites for hydroxylation is 1. The highest BCUT2D eigenvalue weighted by Gasteiger charge is 2.33. The Hall–Kier alpha value is -1.29. The van der Waals surface area contributed by atoms with E-state index in [1.807, 2.05) is 0 Å². The Bertz CT molecular complexity index is 454. The molecule has 0 fully saturated rings. The fourth-order valence-corrected chi connectivity index (χ4v) is 2.10. The number of ether oxygens (including phenoxy) is 1. The van der Waals surface area contributed by atoms with Crippen LogP contribution in [-0.4, -0.2) is 11.3 Å². The van der Waals surface area contributed by atoms with Gasteiger partial charge in [0.1, 0.15) is 0 Å². The van der Waals surface area contributed by atoms with Crippen molar-refractivity contribution in [1.82, 2.24) is 4.98 Å². The van der Waals surface area contributed by atoms with E-state index in [0.717, 1.165) is 0 Å². The minimum absolute atomic E-state index is 0.168. The van der Waals surface area contributed by atoms with E-state index < -0.39 is 12.2 Å². The first-order chi connectivity index (χ1) is 7.89. The number of alkyl halides is 4. The molecule has 7 heteroatoms. The van der Waals surface area contributed by atoms with E-state index in [-0.39, 0.29) is 12.0 Å². The normalized spacial score (nSPS) is 11.1. The molecule has 0 bridgehead atoms. The standard InChI is InChI=1S/C10H8BrF3N2O/c1-6-5-16-9(17-10(12,13)14)7(2-3-15)8(6)4-11/h5H,2,4H2,1H3. The van der Waals surface area contributed by atoms with Crippen LogP contribution in [0, 0.1) is 18.3 Å². The van der Waals surface area contributed by atoms with Crippen molar-refractivity contribution in [3.05, 3.63) is 22.9 Å². The summed E-state index contributed by atoms with van der Waals surface area (Å²) < 4.78 is 40.2. The van der Waals surface area contributed by atoms with Gasteiger partial charge in [0.15, 0.2) is 0 Å². The van der Waals surface area contributed by atoms with Crippen LogP contribution < -0.4 is 4.74 Å². The summed E-state index contributed by atoms with van der Waals surface area (Å²) in [5.41, 5.74) is 1.48. The molecule has 0 unspecified atom stereocenters. The van der Waals surface area contributed by atoms with Crippen molar-refractivity contribution in [3.63, 3.8) is 0 Å². The molecule has 0 atom stereocenters. The predicted octanol–water partition coefficient (Wildman–Crippen LogP) is 3.25. The molecule has 0 aliphatic heterocycles. The van der Waals surface area contributed by atoms with Crippen LogP contribution in [0.3, 0.4) is 0 Å². The second-order valence-corrected chi connectivity index (χ2v) is 3.78. The Morgan fingerprint density at radius 1 is 1.47 bits per heavy atom. The molecule has 0 saturated heterocycles. The number of pyridine rings is 1. The average molecular weight is 309 g/mol. The van der Waals surface area contributed by atoms with E-state index in [0.29, 0.717) is 16.5 Å². The van der Waals surface area contributed by atoms with Gasteiger partial charge < -0.3 is 4.74 Å². The molecule has 0 aliphatic carbocycles. The molecule has 1 aromatic rings. The molecule has 0 aromatic carbocycles. The number of aromatic nitrogens is 1. The average Bonchev–Trinajstić information content (AvgIpc) is 2.21. The van der Waals surface area contributed by atoms with Crippen molar-refractivity contribution < 1.29 is 17.9 Å². The highest BCUT2D eigenvalue weighted by molar-refractivity contribution is 9.08. The SMILES string of the molecule is Cc1cnc(OC(F)(F)F)c(CC#N)c1CBr. The van der Waals surface area contributed by atoms with Gasteiger partial charge in [0.25, 0.3) is 0 Å². The molecule has 3 nitrogen and oxygen atoms in total. The zero-order valence-electron chi connectivity index (χ0n) is 8.81. The van der Waals surface area contributed by atoms with Crippen molar-refractivity contribution in [2.24, 2.45) is 0 Å². The molecular formula is C10H8BrF3N2O. The maximum atomic E-state index is 12.1. The molecule has 0 aliphatic rings. The van der Waals surface area contributed by atoms with Crippen LogP contribution in [0.5, 0.6) is 5.88 Å². The van der Waals surface area contributed by atoms with Crippen molar-refractivity contribution in [2.75, 3.05) is 0 Å². The Labute approximate surface area is 104 Å². The van der Waals surface area contributed by atoms with Gasteiger partial charge in [-0.1, -0.05) is 15.9 Å². The third-order valence-electron chi connectivity index (χ3n) is 2.08. The third kappa shape index (κ3) is 3.60. The minimum Gasteiger partial charge on any atom is -0.388 e. The van der Waals surface area contributed by atoms with Gasteiger partial charge >= 0.3 is 6.36 Å². The predicted molar refractivity (Wildman–Crippen MR) is 57.6 cm³/mol. The van der Waals surface area contributed by atoms with Gasteiger partial charge in [0.05, 0.1) is 12.5 Å². The van der Waals surface area contributed by atoms with Crippen LogP contribution in [0.15, 0.2) is 6.20 Å². The fraction of sp³-hybridized carbons (Fsp3) is 0.400. The van der Waals surface area contributed by atoms with E-state index in [2.05, 4.69) is 25.7 Å². The first-order valence-corrected chi connectivity index (χ1v) is 5.67. The zero-order valence-corrected chi connectivity index (χ0v) is 10.4. The number of rotatable bonds is 3. The Morgan fingerprint density at radius 2 is 2.12 bits per heavy atom. The molecule has 0 spiro atoms. The summed E-state index contributed by atoms with van der Waals surface area (Å²) >= 11 is 3.17. The molecule has 1 aromatic heterocycles. The first-order valence-electron chi connectivity index (χ1n) is 4.55. The van der Waals surface area contributed by atoms with Gasteiger partial charge in [-0.25, -0.2) is 4.98 Å². The van der Waals surface area contributed by atoms with E-state index in [1.165, 1.54) is 6.20 Å². The van der Waals surface area contributed by atoms with Crippen LogP contribution in [0.4, 0.5) is 13.2 Å². The van der Waals surface area contributed by atoms with Crippen LogP contribution in [0.2, 0.25) is 0 Å². The Morgan fingerprint density at radius 3 is 2.59 bits per heavy atom. The summed E-state index contributed by atoms with van der Waals surface area (Å²) in [4.78, 5) is 3.58. The quantitative estimate of drug-likeness (QED) is 0.805. The topological polar surface area (TPSA) is 45.9 Å². The van der Waals surface area contributed by atoms with Crippen molar-refractivity contribution in [2.45, 2.75) is 25.0 Å². The number of nitrogens with zero attached hydrogens (tertiary/aromatic N) is 2. The molecule has 0 radical (unpaired) electrons. The molecule has 1 heterocycles. The second-order valence-electron chi connectivity index (χ2n) is 3.22. The van der Waals surface area contributed by atoms with Crippen molar-refractivity contribution in [3.8, 4) is 11.9 Å². The number of hydrogen-bond acceptors (Lipinski definition) is 3. The van der Waals surface area contributed by atoms with Crippen molar-refractivity contribution >= 4 is 15.9 Å². The minimum atomic E-state index is -4.81. The van der Waals surface area contributed by atoms with Gasteiger partial charge in [0.2, 0.25) is 5.88 Å². The smallest absolute Gasteiger partial charge is 0.388 e. The first kappa shape index (κ1) is 13.8. The van der Waals surface area contributed by atoms with Crippen LogP contribution in [0.1, 0.15) is 16.7 Å². The summed E-state index contributed by atoms with van der Waals surface area (Å²) in [5, 5.41) is 8.96. The van der Waals surface area contributed by atoms with Gasteiger partial charge in [-0.2, -0.15) is 5.26 Å². The fourth-order valence-electron chi connectivity index (χ4n) is 1.32. The summed E-state index contributed by atoms with van der Waals surface area (Å²) in [6.45, 7) is 1.71. The molecule has 17 heavy (non-hydrogen) atoms. The molecule has 0 amide bonds. The summed E-state index contributed by atoms with van der Waals surface area (Å²) in [6, 6.07) is 1.80. The van der Waals surface area contributed by atoms with E-state index in [9.17, 15) is 13.2 Å². The lowest BCUT2D eigenvalue weighted by molar-refractivity contribution is -0.276. The van der Waals surface area contributed by atoms with E-state index in [4.69, 9.17) is 5.26 Å². The highest BCUT2D eigenvalue weighted by atomic mass is 79.9. The summed E-state index contributed by atoms with van der Waals surface area (Å²) in [5.74, 6) is -0.556. The highest BCUT2D eigenvalue weighted by Crippen LogP contribution is 2.29. The lowest BCUT2D eigenvalue weighted by Gasteiger charge is -2.14. The number of halogens is 4. The second kappa shape index (κ2) is 5.36. The maximum Gasteiger partial charge on any atom is 0.574 e.